The summed E-state index contributed by atoms with van der Waals surface area (Å²) in [6, 6.07) is 23.0. The van der Waals surface area contributed by atoms with Crippen LogP contribution in [0, 0.1) is 25.2 Å². The third kappa shape index (κ3) is 6.34. The zero-order valence-electron chi connectivity index (χ0n) is 28.6. The minimum Gasteiger partial charge on any atom is -0.435 e. The fraction of sp³-hybridized carbons (Fsp3) is 0.317. The van der Waals surface area contributed by atoms with Gasteiger partial charge in [0.25, 0.3) is 0 Å². The molecule has 0 spiro atoms. The number of nitrogens with zero attached hydrogens (tertiary/aromatic N) is 6. The smallest absolute Gasteiger partial charge is 0.227 e. The van der Waals surface area contributed by atoms with Gasteiger partial charge in [0.1, 0.15) is 17.1 Å². The topological polar surface area (TPSA) is 114 Å². The van der Waals surface area contributed by atoms with Crippen LogP contribution in [0.2, 0.25) is 0 Å². The lowest BCUT2D eigenvalue weighted by Crippen LogP contribution is -2.24. The molecule has 50 heavy (non-hydrogen) atoms. The Kier molecular flexibility index (Phi) is 8.75. The zero-order valence-corrected chi connectivity index (χ0v) is 28.6. The summed E-state index contributed by atoms with van der Waals surface area (Å²) in [5, 5.41) is 24.5. The summed E-state index contributed by atoms with van der Waals surface area (Å²) >= 11 is 0. The van der Waals surface area contributed by atoms with Gasteiger partial charge in [0.2, 0.25) is 5.89 Å². The molecule has 2 aliphatic heterocycles. The van der Waals surface area contributed by atoms with Crippen molar-refractivity contribution in [1.29, 1.82) is 5.26 Å². The first-order valence-electron chi connectivity index (χ1n) is 17.6. The average Bonchev–Trinajstić information content (AvgIpc) is 3.90. The van der Waals surface area contributed by atoms with Crippen molar-refractivity contribution >= 4 is 33.5 Å². The van der Waals surface area contributed by atoms with Gasteiger partial charge in [0.05, 0.1) is 11.7 Å². The average molecular weight is 664 g/mol. The molecule has 2 saturated heterocycles. The fourth-order valence-corrected chi connectivity index (χ4v) is 7.57. The predicted molar refractivity (Wildman–Crippen MR) is 197 cm³/mol. The molecule has 252 valence electrons. The number of oxazole rings is 1. The van der Waals surface area contributed by atoms with Crippen molar-refractivity contribution in [3.8, 4) is 28.7 Å². The summed E-state index contributed by atoms with van der Waals surface area (Å²) in [5.74, 6) is 1.23. The molecule has 8 rings (SSSR count). The van der Waals surface area contributed by atoms with E-state index in [4.69, 9.17) is 14.4 Å². The van der Waals surface area contributed by atoms with Gasteiger partial charge in [-0.2, -0.15) is 5.26 Å². The van der Waals surface area contributed by atoms with Crippen LogP contribution < -0.4 is 5.32 Å². The molecule has 2 aliphatic rings. The van der Waals surface area contributed by atoms with E-state index in [1.807, 2.05) is 36.7 Å². The Labute approximate surface area is 292 Å². The molecule has 3 aromatic heterocycles. The van der Waals surface area contributed by atoms with E-state index in [0.717, 1.165) is 108 Å². The maximum atomic E-state index is 9.97. The highest BCUT2D eigenvalue weighted by atomic mass is 16.3. The molecular weight excluding hydrogens is 622 g/mol. The molecule has 6 aromatic rings. The van der Waals surface area contributed by atoms with E-state index in [0.29, 0.717) is 22.9 Å². The molecule has 0 bridgehead atoms. The molecule has 0 unspecified atom stereocenters. The molecule has 0 aliphatic carbocycles. The summed E-state index contributed by atoms with van der Waals surface area (Å²) in [5.41, 5.74) is 11.1. The van der Waals surface area contributed by atoms with Gasteiger partial charge < -0.3 is 19.7 Å². The van der Waals surface area contributed by atoms with Crippen molar-refractivity contribution < 1.29 is 9.52 Å². The minimum atomic E-state index is -0.204. The molecule has 0 radical (unpaired) electrons. The lowest BCUT2D eigenvalue weighted by molar-refractivity contribution is 0.177. The number of hydrogen-bond donors (Lipinski definition) is 2. The first-order chi connectivity index (χ1) is 24.4. The monoisotopic (exact) mass is 663 g/mol. The number of nitrogens with one attached hydrogen (secondary N) is 1. The molecule has 0 amide bonds. The molecule has 0 saturated carbocycles. The second-order valence-electron chi connectivity index (χ2n) is 13.8. The highest BCUT2D eigenvalue weighted by Crippen LogP contribution is 2.38. The van der Waals surface area contributed by atoms with Crippen molar-refractivity contribution in [2.75, 3.05) is 38.0 Å². The SMILES string of the molecule is Cc1c(Nc2nccc3cc(CCN4CC[C@@H](O)C4)cnc23)cccc1-c1cccc(-c2nc3cc(CN4CCCC4)cc(C#N)c3o2)c1C. The number of aliphatic hydroxyl groups excluding tert-OH is 1. The first-order valence-corrected chi connectivity index (χ1v) is 17.6. The van der Waals surface area contributed by atoms with Crippen molar-refractivity contribution in [3.63, 3.8) is 0 Å². The third-order valence-electron chi connectivity index (χ3n) is 10.3. The summed E-state index contributed by atoms with van der Waals surface area (Å²) in [7, 11) is 0. The van der Waals surface area contributed by atoms with E-state index in [2.05, 4.69) is 76.4 Å². The van der Waals surface area contributed by atoms with Gasteiger partial charge in [-0.05, 0) is 122 Å². The van der Waals surface area contributed by atoms with Gasteiger partial charge in [-0.3, -0.25) is 9.88 Å². The van der Waals surface area contributed by atoms with E-state index in [1.165, 1.54) is 18.4 Å². The number of nitriles is 1. The second-order valence-corrected chi connectivity index (χ2v) is 13.8. The maximum absolute atomic E-state index is 9.97. The van der Waals surface area contributed by atoms with Crippen molar-refractivity contribution in [1.82, 2.24) is 24.8 Å². The number of β-amino-alcohol motifs (C(OH)–C–C–N with tert-alkyl or cyclic N) is 1. The molecular formula is C41H41N7O2. The van der Waals surface area contributed by atoms with E-state index < -0.39 is 0 Å². The van der Waals surface area contributed by atoms with Crippen molar-refractivity contribution in [2.24, 2.45) is 0 Å². The van der Waals surface area contributed by atoms with Gasteiger partial charge >= 0.3 is 0 Å². The van der Waals surface area contributed by atoms with Crippen molar-refractivity contribution in [3.05, 3.63) is 101 Å². The number of benzene rings is 3. The van der Waals surface area contributed by atoms with Gasteiger partial charge in [0, 0.05) is 55.2 Å². The lowest BCUT2D eigenvalue weighted by atomic mass is 9.93. The lowest BCUT2D eigenvalue weighted by Gasteiger charge is -2.17. The number of fused-ring (bicyclic) bond motifs is 2. The maximum Gasteiger partial charge on any atom is 0.227 e. The largest absolute Gasteiger partial charge is 0.435 e. The van der Waals surface area contributed by atoms with Gasteiger partial charge in [-0.25, -0.2) is 9.97 Å². The van der Waals surface area contributed by atoms with Crippen LogP contribution in [0.4, 0.5) is 11.5 Å². The Balaban J connectivity index is 1.07. The van der Waals surface area contributed by atoms with Crippen LogP contribution in [0.25, 0.3) is 44.6 Å². The van der Waals surface area contributed by atoms with E-state index in [1.54, 1.807) is 0 Å². The normalized spacial score (nSPS) is 16.8. The molecule has 2 N–H and O–H groups in total. The molecule has 9 nitrogen and oxygen atoms in total. The first kappa shape index (κ1) is 32.1. The van der Waals surface area contributed by atoms with Crippen LogP contribution in [-0.4, -0.2) is 68.7 Å². The van der Waals surface area contributed by atoms with Crippen LogP contribution in [0.15, 0.2) is 77.5 Å². The van der Waals surface area contributed by atoms with Crippen LogP contribution >= 0.6 is 0 Å². The minimum absolute atomic E-state index is 0.204. The van der Waals surface area contributed by atoms with E-state index in [-0.39, 0.29) is 6.10 Å². The number of likely N-dealkylation sites (tertiary alicyclic amines) is 2. The number of aromatic nitrogens is 3. The Morgan fingerprint density at radius 1 is 0.920 bits per heavy atom. The van der Waals surface area contributed by atoms with Crippen LogP contribution in [-0.2, 0) is 13.0 Å². The number of rotatable bonds is 9. The Hall–Kier alpha value is -5.14. The Morgan fingerprint density at radius 2 is 1.72 bits per heavy atom. The summed E-state index contributed by atoms with van der Waals surface area (Å²) in [6.45, 7) is 9.84. The predicted octanol–water partition coefficient (Wildman–Crippen LogP) is 7.54. The van der Waals surface area contributed by atoms with Gasteiger partial charge in [-0.1, -0.05) is 24.3 Å². The quantitative estimate of drug-likeness (QED) is 0.162. The van der Waals surface area contributed by atoms with E-state index in [9.17, 15) is 10.4 Å². The van der Waals surface area contributed by atoms with Crippen LogP contribution in [0.1, 0.15) is 47.1 Å². The highest BCUT2D eigenvalue weighted by molar-refractivity contribution is 5.91. The highest BCUT2D eigenvalue weighted by Gasteiger charge is 2.21. The molecule has 5 heterocycles. The number of anilines is 2. The standard InChI is InChI=1S/C41H41N7O2/c1-26-33(7-5-9-35(26)41-46-37-21-29(24-47-15-3-4-16-47)20-31(22-42)39(37)50-41)34-8-6-10-36(27(34)2)45-40-38-30(11-14-43-40)19-28(23-44-38)12-17-48-18-13-32(49)25-48/h5-11,14,19-21,23,32,49H,3-4,12-13,15-18,24-25H2,1-2H3,(H,43,45)/t32-/m1/s1. The van der Waals surface area contributed by atoms with Gasteiger partial charge in [0.15, 0.2) is 11.4 Å². The molecule has 1 atom stereocenters. The fourth-order valence-electron chi connectivity index (χ4n) is 7.57. The molecule has 3 aromatic carbocycles. The number of pyridine rings is 2. The third-order valence-corrected chi connectivity index (χ3v) is 10.3. The number of aliphatic hydroxyl groups is 1. The molecule has 2 fully saturated rings. The summed E-state index contributed by atoms with van der Waals surface area (Å²) < 4.78 is 6.31. The Morgan fingerprint density at radius 3 is 2.52 bits per heavy atom. The van der Waals surface area contributed by atoms with Crippen molar-refractivity contribution in [2.45, 2.75) is 52.2 Å². The zero-order chi connectivity index (χ0) is 34.2. The second kappa shape index (κ2) is 13.6. The molecule has 9 heteroatoms. The van der Waals surface area contributed by atoms with Crippen LogP contribution in [0.5, 0.6) is 0 Å². The van der Waals surface area contributed by atoms with Crippen LogP contribution in [0.3, 0.4) is 0 Å². The summed E-state index contributed by atoms with van der Waals surface area (Å²) in [4.78, 5) is 19.2. The summed E-state index contributed by atoms with van der Waals surface area (Å²) in [6.07, 6.45) is 7.76. The Bertz CT molecular complexity index is 2250. The number of hydrogen-bond acceptors (Lipinski definition) is 9. The van der Waals surface area contributed by atoms with E-state index >= 15 is 0 Å². The van der Waals surface area contributed by atoms with Gasteiger partial charge in [-0.15, -0.1) is 0 Å².